The van der Waals surface area contributed by atoms with Gasteiger partial charge in [-0.25, -0.2) is 13.1 Å². The highest BCUT2D eigenvalue weighted by Gasteiger charge is 2.11. The fourth-order valence-electron chi connectivity index (χ4n) is 2.32. The first-order chi connectivity index (χ1) is 11.9. The molecule has 0 radical (unpaired) electrons. The van der Waals surface area contributed by atoms with E-state index in [1.807, 2.05) is 50.2 Å². The lowest BCUT2D eigenvalue weighted by Gasteiger charge is -2.16. The SMILES string of the molecule is CCCS(=O)(=O)NC[C@H](C)Oc1ccc(-c2ccc(C#N)cc2)cc1. The molecule has 6 heteroatoms. The van der Waals surface area contributed by atoms with Gasteiger partial charge in [-0.3, -0.25) is 0 Å². The Morgan fingerprint density at radius 1 is 1.08 bits per heavy atom. The van der Waals surface area contributed by atoms with E-state index in [2.05, 4.69) is 10.8 Å². The molecule has 0 fully saturated rings. The van der Waals surface area contributed by atoms with Crippen molar-refractivity contribution in [1.29, 1.82) is 5.26 Å². The van der Waals surface area contributed by atoms with Crippen LogP contribution in [0, 0.1) is 11.3 Å². The zero-order valence-electron chi connectivity index (χ0n) is 14.4. The van der Waals surface area contributed by atoms with Crippen molar-refractivity contribution < 1.29 is 13.2 Å². The van der Waals surface area contributed by atoms with Crippen molar-refractivity contribution in [3.05, 3.63) is 54.1 Å². The first-order valence-corrected chi connectivity index (χ1v) is 9.83. The van der Waals surface area contributed by atoms with E-state index in [4.69, 9.17) is 10.00 Å². The Labute approximate surface area is 149 Å². The van der Waals surface area contributed by atoms with Crippen LogP contribution in [0.1, 0.15) is 25.8 Å². The maximum absolute atomic E-state index is 11.6. The third kappa shape index (κ3) is 5.89. The van der Waals surface area contributed by atoms with Gasteiger partial charge in [0.1, 0.15) is 11.9 Å². The number of nitrogens with one attached hydrogen (secondary N) is 1. The van der Waals surface area contributed by atoms with E-state index in [0.29, 0.717) is 17.7 Å². The van der Waals surface area contributed by atoms with Crippen molar-refractivity contribution in [2.75, 3.05) is 12.3 Å². The highest BCUT2D eigenvalue weighted by Crippen LogP contribution is 2.23. The lowest BCUT2D eigenvalue weighted by atomic mass is 10.0. The number of sulfonamides is 1. The largest absolute Gasteiger partial charge is 0.489 e. The second-order valence-corrected chi connectivity index (χ2v) is 7.74. The van der Waals surface area contributed by atoms with Gasteiger partial charge in [-0.15, -0.1) is 0 Å². The lowest BCUT2D eigenvalue weighted by Crippen LogP contribution is -2.34. The highest BCUT2D eigenvalue weighted by atomic mass is 32.2. The quantitative estimate of drug-likeness (QED) is 0.785. The second-order valence-electron chi connectivity index (χ2n) is 5.81. The van der Waals surface area contributed by atoms with E-state index in [1.165, 1.54) is 0 Å². The van der Waals surface area contributed by atoms with Gasteiger partial charge in [0.2, 0.25) is 10.0 Å². The Balaban J connectivity index is 1.94. The molecule has 0 amide bonds. The molecule has 2 rings (SSSR count). The third-order valence-corrected chi connectivity index (χ3v) is 5.15. The standard InChI is InChI=1S/C19H22N2O3S/c1-3-12-25(22,23)21-14-15(2)24-19-10-8-18(9-11-19)17-6-4-16(13-20)5-7-17/h4-11,15,21H,3,12,14H2,1-2H3/t15-/m0/s1. The zero-order chi connectivity index (χ0) is 18.3. The monoisotopic (exact) mass is 358 g/mol. The Morgan fingerprint density at radius 3 is 2.16 bits per heavy atom. The van der Waals surface area contributed by atoms with E-state index in [-0.39, 0.29) is 18.4 Å². The molecule has 132 valence electrons. The molecule has 0 aromatic heterocycles. The average Bonchev–Trinajstić information content (AvgIpc) is 2.61. The van der Waals surface area contributed by atoms with Crippen molar-refractivity contribution in [1.82, 2.24) is 4.72 Å². The number of hydrogen-bond acceptors (Lipinski definition) is 4. The smallest absolute Gasteiger partial charge is 0.211 e. The molecule has 5 nitrogen and oxygen atoms in total. The molecule has 0 bridgehead atoms. The van der Waals surface area contributed by atoms with Crippen LogP contribution in [-0.4, -0.2) is 26.8 Å². The number of nitrogens with zero attached hydrogens (tertiary/aromatic N) is 1. The van der Waals surface area contributed by atoms with Crippen LogP contribution in [0.15, 0.2) is 48.5 Å². The molecule has 0 aliphatic rings. The van der Waals surface area contributed by atoms with Crippen LogP contribution in [-0.2, 0) is 10.0 Å². The Hall–Kier alpha value is -2.36. The number of hydrogen-bond donors (Lipinski definition) is 1. The first-order valence-electron chi connectivity index (χ1n) is 8.18. The van der Waals surface area contributed by atoms with E-state index in [1.54, 1.807) is 12.1 Å². The minimum absolute atomic E-state index is 0.124. The summed E-state index contributed by atoms with van der Waals surface area (Å²) in [5.41, 5.74) is 2.67. The summed E-state index contributed by atoms with van der Waals surface area (Å²) in [5.74, 6) is 0.804. The molecular formula is C19H22N2O3S. The summed E-state index contributed by atoms with van der Waals surface area (Å²) in [6.45, 7) is 3.89. The van der Waals surface area contributed by atoms with Crippen molar-refractivity contribution in [3.63, 3.8) is 0 Å². The average molecular weight is 358 g/mol. The van der Waals surface area contributed by atoms with Gasteiger partial charge < -0.3 is 4.74 Å². The molecule has 0 spiro atoms. The minimum Gasteiger partial charge on any atom is -0.489 e. The third-order valence-electron chi connectivity index (χ3n) is 3.60. The van der Waals surface area contributed by atoms with Crippen molar-refractivity contribution in [2.24, 2.45) is 0 Å². The summed E-state index contributed by atoms with van der Waals surface area (Å²) < 4.78 is 31.6. The molecule has 1 N–H and O–H groups in total. The molecular weight excluding hydrogens is 336 g/mol. The number of benzene rings is 2. The zero-order valence-corrected chi connectivity index (χ0v) is 15.2. The summed E-state index contributed by atoms with van der Waals surface area (Å²) in [6, 6.07) is 17.0. The van der Waals surface area contributed by atoms with E-state index >= 15 is 0 Å². The predicted molar refractivity (Wildman–Crippen MR) is 98.8 cm³/mol. The van der Waals surface area contributed by atoms with Gasteiger partial charge in [0.05, 0.1) is 17.4 Å². The highest BCUT2D eigenvalue weighted by molar-refractivity contribution is 7.89. The topological polar surface area (TPSA) is 79.2 Å². The van der Waals surface area contributed by atoms with Crippen LogP contribution in [0.25, 0.3) is 11.1 Å². The predicted octanol–water partition coefficient (Wildman–Crippen LogP) is 3.32. The van der Waals surface area contributed by atoms with E-state index in [9.17, 15) is 8.42 Å². The molecule has 0 saturated heterocycles. The molecule has 2 aromatic rings. The Kier molecular flexibility index (Phi) is 6.57. The molecule has 0 saturated carbocycles. The van der Waals surface area contributed by atoms with Gasteiger partial charge in [0.25, 0.3) is 0 Å². The lowest BCUT2D eigenvalue weighted by molar-refractivity contribution is 0.225. The van der Waals surface area contributed by atoms with Crippen molar-refractivity contribution >= 4 is 10.0 Å². The van der Waals surface area contributed by atoms with Crippen LogP contribution in [0.3, 0.4) is 0 Å². The summed E-state index contributed by atoms with van der Waals surface area (Å²) in [6.07, 6.45) is 0.314. The van der Waals surface area contributed by atoms with E-state index in [0.717, 1.165) is 11.1 Å². The maximum Gasteiger partial charge on any atom is 0.211 e. The summed E-state index contributed by atoms with van der Waals surface area (Å²) >= 11 is 0. The van der Waals surface area contributed by atoms with Crippen LogP contribution in [0.4, 0.5) is 0 Å². The van der Waals surface area contributed by atoms with Crippen LogP contribution < -0.4 is 9.46 Å². The number of nitriles is 1. The first kappa shape index (κ1) is 19.0. The molecule has 0 heterocycles. The van der Waals surface area contributed by atoms with Crippen molar-refractivity contribution in [2.45, 2.75) is 26.4 Å². The molecule has 0 unspecified atom stereocenters. The van der Waals surface area contributed by atoms with E-state index < -0.39 is 10.0 Å². The molecule has 0 aliphatic carbocycles. The van der Waals surface area contributed by atoms with Gasteiger partial charge >= 0.3 is 0 Å². The van der Waals surface area contributed by atoms with Gasteiger partial charge in [-0.05, 0) is 48.7 Å². The van der Waals surface area contributed by atoms with Gasteiger partial charge in [0.15, 0.2) is 0 Å². The summed E-state index contributed by atoms with van der Waals surface area (Å²) in [7, 11) is -3.22. The Morgan fingerprint density at radius 2 is 1.64 bits per heavy atom. The number of ether oxygens (including phenoxy) is 1. The number of rotatable bonds is 8. The van der Waals surface area contributed by atoms with Gasteiger partial charge in [-0.1, -0.05) is 31.2 Å². The maximum atomic E-state index is 11.6. The van der Waals surface area contributed by atoms with Crippen molar-refractivity contribution in [3.8, 4) is 22.9 Å². The second kappa shape index (κ2) is 8.65. The Bertz CT molecular complexity index is 822. The molecule has 0 aliphatic heterocycles. The molecule has 2 aromatic carbocycles. The summed E-state index contributed by atoms with van der Waals surface area (Å²) in [5, 5.41) is 8.83. The van der Waals surface area contributed by atoms with Crippen LogP contribution >= 0.6 is 0 Å². The normalized spacial score (nSPS) is 12.4. The molecule has 25 heavy (non-hydrogen) atoms. The summed E-state index contributed by atoms with van der Waals surface area (Å²) in [4.78, 5) is 0. The van der Waals surface area contributed by atoms with Gasteiger partial charge in [-0.2, -0.15) is 5.26 Å². The fourth-order valence-corrected chi connectivity index (χ4v) is 3.49. The van der Waals surface area contributed by atoms with Gasteiger partial charge in [0, 0.05) is 6.54 Å². The van der Waals surface area contributed by atoms with Crippen LogP contribution in [0.2, 0.25) is 0 Å². The fraction of sp³-hybridized carbons (Fsp3) is 0.316. The van der Waals surface area contributed by atoms with Crippen LogP contribution in [0.5, 0.6) is 5.75 Å². The minimum atomic E-state index is -3.22. The molecule has 1 atom stereocenters.